The number of morpholine rings is 1. The monoisotopic (exact) mass is 458 g/mol. The Kier molecular flexibility index (Phi) is 7.38. The predicted octanol–water partition coefficient (Wildman–Crippen LogP) is 1.45. The highest BCUT2D eigenvalue weighted by atomic mass is 16.5. The van der Waals surface area contributed by atoms with Crippen molar-refractivity contribution in [1.82, 2.24) is 14.5 Å². The van der Waals surface area contributed by atoms with Gasteiger partial charge in [0.25, 0.3) is 5.56 Å². The molecule has 2 aromatic carbocycles. The molecule has 1 aliphatic rings. The van der Waals surface area contributed by atoms with E-state index in [1.807, 2.05) is 36.4 Å². The van der Waals surface area contributed by atoms with Crippen molar-refractivity contribution in [1.29, 1.82) is 0 Å². The first kappa shape index (κ1) is 23.2. The summed E-state index contributed by atoms with van der Waals surface area (Å²) in [6, 6.07) is 14.7. The van der Waals surface area contributed by atoms with E-state index < -0.39 is 23.3 Å². The van der Waals surface area contributed by atoms with Crippen LogP contribution in [0, 0.1) is 11.8 Å². The number of carbonyl (C=O) groups is 1. The summed E-state index contributed by atoms with van der Waals surface area (Å²) in [7, 11) is 0. The van der Waals surface area contributed by atoms with Crippen LogP contribution in [0.3, 0.4) is 0 Å². The van der Waals surface area contributed by atoms with Gasteiger partial charge >= 0.3 is 0 Å². The maximum absolute atomic E-state index is 12.1. The van der Waals surface area contributed by atoms with Crippen molar-refractivity contribution in [2.75, 3.05) is 26.3 Å². The summed E-state index contributed by atoms with van der Waals surface area (Å²) in [5.74, 6) is 5.10. The van der Waals surface area contributed by atoms with E-state index in [0.29, 0.717) is 0 Å². The molecule has 3 aromatic rings. The van der Waals surface area contributed by atoms with Crippen LogP contribution in [0.4, 0.5) is 0 Å². The minimum Gasteiger partial charge on any atom is -0.502 e. The number of carbonyl (C=O) groups excluding carboxylic acids is 1. The second kappa shape index (κ2) is 10.8. The summed E-state index contributed by atoms with van der Waals surface area (Å²) in [4.78, 5) is 30.2. The van der Waals surface area contributed by atoms with E-state index in [-0.39, 0.29) is 6.42 Å². The van der Waals surface area contributed by atoms with E-state index in [9.17, 15) is 14.7 Å². The number of amides is 1. The lowest BCUT2D eigenvalue weighted by molar-refractivity contribution is -0.121. The van der Waals surface area contributed by atoms with Gasteiger partial charge in [-0.1, -0.05) is 36.1 Å². The summed E-state index contributed by atoms with van der Waals surface area (Å²) < 4.78 is 6.44. The Morgan fingerprint density at radius 1 is 1.03 bits per heavy atom. The van der Waals surface area contributed by atoms with E-state index >= 15 is 0 Å². The maximum Gasteiger partial charge on any atom is 0.296 e. The lowest BCUT2D eigenvalue weighted by Gasteiger charge is -2.26. The molecule has 0 spiro atoms. The van der Waals surface area contributed by atoms with Crippen LogP contribution in [0.5, 0.6) is 5.75 Å². The molecule has 1 amide bonds. The Balaban J connectivity index is 1.40. The van der Waals surface area contributed by atoms with Crippen LogP contribution in [0.15, 0.2) is 65.8 Å². The Labute approximate surface area is 197 Å². The van der Waals surface area contributed by atoms with Crippen molar-refractivity contribution in [3.8, 4) is 17.6 Å². The molecular weight excluding hydrogens is 432 g/mol. The lowest BCUT2D eigenvalue weighted by atomic mass is 10.0. The van der Waals surface area contributed by atoms with Crippen molar-refractivity contribution in [3.05, 3.63) is 93.7 Å². The van der Waals surface area contributed by atoms with Crippen molar-refractivity contribution >= 4 is 5.91 Å². The number of aromatic nitrogens is 2. The molecule has 4 rings (SSSR count). The highest BCUT2D eigenvalue weighted by molar-refractivity contribution is 5.78. The third kappa shape index (κ3) is 5.90. The zero-order valence-corrected chi connectivity index (χ0v) is 18.7. The van der Waals surface area contributed by atoms with Gasteiger partial charge in [-0.2, -0.15) is 0 Å². The number of hydrogen-bond acceptors (Lipinski definition) is 6. The van der Waals surface area contributed by atoms with Gasteiger partial charge in [-0.3, -0.25) is 19.1 Å². The maximum atomic E-state index is 12.1. The molecule has 1 saturated heterocycles. The van der Waals surface area contributed by atoms with Gasteiger partial charge in [0.1, 0.15) is 6.04 Å². The fourth-order valence-electron chi connectivity index (χ4n) is 3.78. The minimum atomic E-state index is -0.958. The summed E-state index contributed by atoms with van der Waals surface area (Å²) in [5, 5.41) is 9.61. The van der Waals surface area contributed by atoms with Gasteiger partial charge in [0, 0.05) is 37.2 Å². The molecule has 8 nitrogen and oxygen atoms in total. The number of rotatable bonds is 6. The Morgan fingerprint density at radius 2 is 1.62 bits per heavy atom. The first-order valence-electron chi connectivity index (χ1n) is 11.0. The zero-order valence-electron chi connectivity index (χ0n) is 18.7. The van der Waals surface area contributed by atoms with Gasteiger partial charge in [-0.15, -0.1) is 0 Å². The zero-order chi connectivity index (χ0) is 23.9. The molecule has 8 heteroatoms. The molecule has 1 aromatic heterocycles. The van der Waals surface area contributed by atoms with Gasteiger partial charge in [-0.05, 0) is 35.4 Å². The molecule has 0 saturated carbocycles. The van der Waals surface area contributed by atoms with E-state index in [0.717, 1.165) is 60.3 Å². The van der Waals surface area contributed by atoms with Gasteiger partial charge in [0.15, 0.2) is 5.75 Å². The standard InChI is InChI=1S/C26H26N4O4/c27-25(32)23(30-18-28-16-24(31)26(30)33)15-21-7-3-19(4-8-21)1-2-20-5-9-22(10-6-20)17-29-11-13-34-14-12-29/h3-10,16,18,23,31H,11-15,17H2,(H2,27,32). The number of primary amides is 1. The quantitative estimate of drug-likeness (QED) is 0.541. The fourth-order valence-corrected chi connectivity index (χ4v) is 3.78. The van der Waals surface area contributed by atoms with E-state index in [1.165, 1.54) is 11.9 Å². The van der Waals surface area contributed by atoms with Crippen molar-refractivity contribution in [2.24, 2.45) is 5.73 Å². The molecule has 34 heavy (non-hydrogen) atoms. The second-order valence-corrected chi connectivity index (χ2v) is 8.15. The second-order valence-electron chi connectivity index (χ2n) is 8.15. The highest BCUT2D eigenvalue weighted by Gasteiger charge is 2.20. The molecule has 1 unspecified atom stereocenters. The summed E-state index contributed by atoms with van der Waals surface area (Å²) >= 11 is 0. The molecular formula is C26H26N4O4. The molecule has 0 aliphatic carbocycles. The summed E-state index contributed by atoms with van der Waals surface area (Å²) in [6.07, 6.45) is 2.42. The van der Waals surface area contributed by atoms with Crippen molar-refractivity contribution in [2.45, 2.75) is 19.0 Å². The first-order chi connectivity index (χ1) is 16.5. The number of hydrogen-bond donors (Lipinski definition) is 2. The van der Waals surface area contributed by atoms with Crippen LogP contribution >= 0.6 is 0 Å². The fraction of sp³-hybridized carbons (Fsp3) is 0.269. The SMILES string of the molecule is NC(=O)C(Cc1ccc(C#Cc2ccc(CN3CCOCC3)cc2)cc1)n1cncc(O)c1=O. The van der Waals surface area contributed by atoms with Crippen LogP contribution in [0.2, 0.25) is 0 Å². The molecule has 2 heterocycles. The number of ether oxygens (including phenoxy) is 1. The third-order valence-electron chi connectivity index (χ3n) is 5.70. The molecule has 174 valence electrons. The molecule has 1 fully saturated rings. The lowest BCUT2D eigenvalue weighted by Crippen LogP contribution is -2.35. The normalized spacial score (nSPS) is 14.7. The Morgan fingerprint density at radius 3 is 2.21 bits per heavy atom. The van der Waals surface area contributed by atoms with Crippen molar-refractivity contribution in [3.63, 3.8) is 0 Å². The van der Waals surface area contributed by atoms with Gasteiger partial charge in [0.05, 0.1) is 25.7 Å². The number of nitrogens with zero attached hydrogens (tertiary/aromatic N) is 3. The minimum absolute atomic E-state index is 0.193. The Bertz CT molecular complexity index is 1250. The molecule has 3 N–H and O–H groups in total. The molecule has 0 radical (unpaired) electrons. The van der Waals surface area contributed by atoms with Crippen LogP contribution in [-0.4, -0.2) is 51.8 Å². The number of benzene rings is 2. The average molecular weight is 459 g/mol. The van der Waals surface area contributed by atoms with Gasteiger partial charge in [0.2, 0.25) is 5.91 Å². The van der Waals surface area contributed by atoms with E-state index in [2.05, 4.69) is 33.9 Å². The third-order valence-corrected chi connectivity index (χ3v) is 5.70. The molecule has 0 bridgehead atoms. The highest BCUT2D eigenvalue weighted by Crippen LogP contribution is 2.15. The predicted molar refractivity (Wildman–Crippen MR) is 127 cm³/mol. The first-order valence-corrected chi connectivity index (χ1v) is 11.0. The van der Waals surface area contributed by atoms with Gasteiger partial charge in [-0.25, -0.2) is 4.98 Å². The number of nitrogens with two attached hydrogens (primary N) is 1. The topological polar surface area (TPSA) is 111 Å². The van der Waals surface area contributed by atoms with E-state index in [1.54, 1.807) is 0 Å². The Hall–Kier alpha value is -3.93. The largest absolute Gasteiger partial charge is 0.502 e. The molecule has 1 atom stereocenters. The van der Waals surface area contributed by atoms with Crippen molar-refractivity contribution < 1.29 is 14.6 Å². The van der Waals surface area contributed by atoms with Crippen LogP contribution < -0.4 is 11.3 Å². The van der Waals surface area contributed by atoms with Crippen LogP contribution in [-0.2, 0) is 22.5 Å². The van der Waals surface area contributed by atoms with E-state index in [4.69, 9.17) is 10.5 Å². The van der Waals surface area contributed by atoms with Gasteiger partial charge < -0.3 is 15.6 Å². The number of aromatic hydroxyl groups is 1. The summed E-state index contributed by atoms with van der Waals surface area (Å²) in [6.45, 7) is 4.40. The van der Waals surface area contributed by atoms with Crippen LogP contribution in [0.1, 0.15) is 28.3 Å². The molecule has 1 aliphatic heterocycles. The average Bonchev–Trinajstić information content (AvgIpc) is 2.85. The van der Waals surface area contributed by atoms with Crippen LogP contribution in [0.25, 0.3) is 0 Å². The summed E-state index contributed by atoms with van der Waals surface area (Å²) in [5.41, 5.74) is 8.60. The smallest absolute Gasteiger partial charge is 0.296 e.